The third-order valence-corrected chi connectivity index (χ3v) is 0.357. The minimum absolute atomic E-state index is 0.938. The van der Waals surface area contributed by atoms with Crippen LogP contribution in [0.4, 0.5) is 0 Å². The second-order valence-electron chi connectivity index (χ2n) is 0.801. The summed E-state index contributed by atoms with van der Waals surface area (Å²) in [5.41, 5.74) is 0. The number of nitrogens with zero attached hydrogens (tertiary/aromatic N) is 2. The van der Waals surface area contributed by atoms with Gasteiger partial charge in [-0.2, -0.15) is 0 Å². The van der Waals surface area contributed by atoms with Crippen molar-refractivity contribution in [3.05, 3.63) is 0 Å². The minimum Gasteiger partial charge on any atom is -0.289 e. The molecule has 0 aromatic carbocycles. The normalized spacial score (nSPS) is 11.0. The van der Waals surface area contributed by atoms with Gasteiger partial charge in [0.05, 0.1) is 0 Å². The van der Waals surface area contributed by atoms with Gasteiger partial charge >= 0.3 is 0 Å². The number of hydrogen-bond donors (Lipinski definition) is 1. The molecule has 0 heterocycles. The van der Waals surface area contributed by atoms with Gasteiger partial charge in [-0.1, -0.05) is 0 Å². The van der Waals surface area contributed by atoms with Gasteiger partial charge in [-0.3, -0.25) is 5.41 Å². The van der Waals surface area contributed by atoms with Crippen LogP contribution in [0.25, 0.3) is 0 Å². The van der Waals surface area contributed by atoms with Gasteiger partial charge in [0.1, 0.15) is 12.7 Å². The zero-order valence-corrected chi connectivity index (χ0v) is 4.13. The van der Waals surface area contributed by atoms with Crippen LogP contribution in [0, 0.1) is 5.41 Å². The van der Waals surface area contributed by atoms with Crippen LogP contribution >= 0.6 is 0 Å². The molecule has 0 rings (SSSR count). The van der Waals surface area contributed by atoms with Crippen LogP contribution < -0.4 is 0 Å². The zero-order chi connectivity index (χ0) is 5.54. The lowest BCUT2D eigenvalue weighted by molar-refractivity contribution is 1.51. The van der Waals surface area contributed by atoms with E-state index in [1.165, 1.54) is 6.34 Å². The Morgan fingerprint density at radius 1 is 1.43 bits per heavy atom. The molecule has 0 bridgehead atoms. The first-order chi connectivity index (χ1) is 3.41. The molecule has 0 aliphatic heterocycles. The van der Waals surface area contributed by atoms with Gasteiger partial charge in [-0.15, -0.1) is 0 Å². The lowest BCUT2D eigenvalue weighted by Gasteiger charge is -1.66. The molecule has 0 aliphatic rings. The van der Waals surface area contributed by atoms with E-state index in [2.05, 4.69) is 9.98 Å². The Kier molecular flexibility index (Phi) is 4.30. The first kappa shape index (κ1) is 6.01. The fourth-order valence-electron chi connectivity index (χ4n) is 0.138. The fraction of sp³-hybridized carbons (Fsp3) is 0.250. The van der Waals surface area contributed by atoms with Gasteiger partial charge in [-0.05, 0) is 6.92 Å². The van der Waals surface area contributed by atoms with Crippen LogP contribution in [0.2, 0.25) is 0 Å². The SMILES string of the molecule is C/C=N\C=N/C=N. The summed E-state index contributed by atoms with van der Waals surface area (Å²) >= 11 is 0. The average Bonchev–Trinajstić information content (AvgIpc) is 1.69. The third-order valence-electron chi connectivity index (χ3n) is 0.357. The highest BCUT2D eigenvalue weighted by molar-refractivity contribution is 5.76. The Bertz CT molecular complexity index is 93.1. The molecule has 1 N–H and O–H groups in total. The van der Waals surface area contributed by atoms with Gasteiger partial charge in [0, 0.05) is 6.21 Å². The average molecular weight is 97.1 g/mol. The topological polar surface area (TPSA) is 48.6 Å². The van der Waals surface area contributed by atoms with Gasteiger partial charge in [-0.25, -0.2) is 9.98 Å². The first-order valence-corrected chi connectivity index (χ1v) is 1.90. The summed E-state index contributed by atoms with van der Waals surface area (Å²) in [6.45, 7) is 1.79. The molecule has 0 spiro atoms. The number of aliphatic imine (C=N–C) groups is 2. The van der Waals surface area contributed by atoms with Crippen LogP contribution in [0.5, 0.6) is 0 Å². The summed E-state index contributed by atoms with van der Waals surface area (Å²) in [5, 5.41) is 6.38. The van der Waals surface area contributed by atoms with E-state index < -0.39 is 0 Å². The van der Waals surface area contributed by atoms with Crippen molar-refractivity contribution < 1.29 is 0 Å². The van der Waals surface area contributed by atoms with E-state index in [1.54, 1.807) is 13.1 Å². The van der Waals surface area contributed by atoms with Gasteiger partial charge in [0.2, 0.25) is 0 Å². The highest BCUT2D eigenvalue weighted by Gasteiger charge is 1.53. The molecular formula is C4H7N3. The Morgan fingerprint density at radius 2 is 2.14 bits per heavy atom. The van der Waals surface area contributed by atoms with Crippen molar-refractivity contribution in [3.63, 3.8) is 0 Å². The maximum absolute atomic E-state index is 6.38. The molecule has 0 saturated heterocycles. The number of nitrogens with one attached hydrogen (secondary N) is 1. The van der Waals surface area contributed by atoms with E-state index in [-0.39, 0.29) is 0 Å². The Hall–Kier alpha value is -0.990. The number of rotatable bonds is 2. The lowest BCUT2D eigenvalue weighted by atomic mass is 10.9. The minimum atomic E-state index is 0.938. The zero-order valence-electron chi connectivity index (χ0n) is 4.13. The predicted molar refractivity (Wildman–Crippen MR) is 31.4 cm³/mol. The van der Waals surface area contributed by atoms with E-state index in [0.717, 1.165) is 6.34 Å². The molecule has 0 amide bonds. The number of hydrogen-bond acceptors (Lipinski definition) is 1. The maximum Gasteiger partial charge on any atom is 0.116 e. The van der Waals surface area contributed by atoms with Crippen LogP contribution in [-0.2, 0) is 0 Å². The highest BCUT2D eigenvalue weighted by atomic mass is 14.8. The van der Waals surface area contributed by atoms with Crippen molar-refractivity contribution >= 4 is 18.9 Å². The van der Waals surface area contributed by atoms with Crippen molar-refractivity contribution in [3.8, 4) is 0 Å². The van der Waals surface area contributed by atoms with E-state index in [1.807, 2.05) is 0 Å². The van der Waals surface area contributed by atoms with Gasteiger partial charge in [0.25, 0.3) is 0 Å². The fourth-order valence-corrected chi connectivity index (χ4v) is 0.138. The van der Waals surface area contributed by atoms with Crippen LogP contribution in [0.1, 0.15) is 6.92 Å². The molecule has 0 unspecified atom stereocenters. The van der Waals surface area contributed by atoms with E-state index in [9.17, 15) is 0 Å². The summed E-state index contributed by atoms with van der Waals surface area (Å²) in [6.07, 6.45) is 3.85. The predicted octanol–water partition coefficient (Wildman–Crippen LogP) is 0.712. The Balaban J connectivity index is 3.27. The summed E-state index contributed by atoms with van der Waals surface area (Å²) in [6, 6.07) is 0. The van der Waals surface area contributed by atoms with Crippen molar-refractivity contribution in [1.82, 2.24) is 0 Å². The first-order valence-electron chi connectivity index (χ1n) is 1.90. The summed E-state index contributed by atoms with van der Waals surface area (Å²) < 4.78 is 0. The molecular weight excluding hydrogens is 90.1 g/mol. The van der Waals surface area contributed by atoms with Crippen molar-refractivity contribution in [2.45, 2.75) is 6.92 Å². The second-order valence-corrected chi connectivity index (χ2v) is 0.801. The molecule has 0 fully saturated rings. The van der Waals surface area contributed by atoms with Crippen molar-refractivity contribution in [2.24, 2.45) is 9.98 Å². The Labute approximate surface area is 42.3 Å². The molecule has 3 nitrogen and oxygen atoms in total. The monoisotopic (exact) mass is 97.1 g/mol. The van der Waals surface area contributed by atoms with Crippen LogP contribution in [-0.4, -0.2) is 18.9 Å². The molecule has 0 atom stereocenters. The molecule has 3 heteroatoms. The second kappa shape index (κ2) is 5.01. The molecule has 0 aromatic heterocycles. The molecule has 0 saturated carbocycles. The van der Waals surface area contributed by atoms with E-state index in [4.69, 9.17) is 5.41 Å². The van der Waals surface area contributed by atoms with Crippen molar-refractivity contribution in [1.29, 1.82) is 5.41 Å². The molecule has 0 aliphatic carbocycles. The van der Waals surface area contributed by atoms with Gasteiger partial charge < -0.3 is 0 Å². The third kappa shape index (κ3) is 5.01. The molecule has 38 valence electrons. The standard InChI is InChI=1S/C4H7N3/c1-2-6-4-7-3-5/h2-5H,1H3/b5-3?,6-2-,7-4-. The van der Waals surface area contributed by atoms with Gasteiger partial charge in [0.15, 0.2) is 0 Å². The van der Waals surface area contributed by atoms with E-state index in [0.29, 0.717) is 0 Å². The largest absolute Gasteiger partial charge is 0.289 e. The summed E-state index contributed by atoms with van der Waals surface area (Å²) in [5.74, 6) is 0. The van der Waals surface area contributed by atoms with Crippen LogP contribution in [0.3, 0.4) is 0 Å². The Morgan fingerprint density at radius 3 is 2.57 bits per heavy atom. The highest BCUT2D eigenvalue weighted by Crippen LogP contribution is 1.55. The van der Waals surface area contributed by atoms with Crippen molar-refractivity contribution in [2.75, 3.05) is 0 Å². The smallest absolute Gasteiger partial charge is 0.116 e. The summed E-state index contributed by atoms with van der Waals surface area (Å²) in [4.78, 5) is 6.97. The van der Waals surface area contributed by atoms with E-state index >= 15 is 0 Å². The lowest BCUT2D eigenvalue weighted by Crippen LogP contribution is -1.65. The molecule has 7 heavy (non-hydrogen) atoms. The molecule has 0 aromatic rings. The molecule has 0 radical (unpaired) electrons. The van der Waals surface area contributed by atoms with Crippen LogP contribution in [0.15, 0.2) is 9.98 Å². The quantitative estimate of drug-likeness (QED) is 0.390. The maximum atomic E-state index is 6.38. The summed E-state index contributed by atoms with van der Waals surface area (Å²) in [7, 11) is 0.